The average Bonchev–Trinajstić information content (AvgIpc) is 2.87. The van der Waals surface area contributed by atoms with Crippen LogP contribution < -0.4 is 0 Å². The molecule has 1 aromatic heterocycles. The number of carbonyl (C=O) groups is 2. The number of morpholine rings is 1. The molecule has 0 aromatic carbocycles. The van der Waals surface area contributed by atoms with Crippen LogP contribution in [0, 0.1) is 6.92 Å². The average molecular weight is 314 g/mol. The van der Waals surface area contributed by atoms with Crippen LogP contribution in [0.25, 0.3) is 0 Å². The van der Waals surface area contributed by atoms with E-state index in [9.17, 15) is 9.59 Å². The number of rotatable bonds is 4. The van der Waals surface area contributed by atoms with Crippen LogP contribution in [0.3, 0.4) is 0 Å². The van der Waals surface area contributed by atoms with Crippen molar-refractivity contribution in [3.8, 4) is 0 Å². The van der Waals surface area contributed by atoms with E-state index in [-0.39, 0.29) is 25.2 Å². The van der Waals surface area contributed by atoms with E-state index in [0.717, 1.165) is 5.01 Å². The molecule has 1 fully saturated rings. The van der Waals surface area contributed by atoms with E-state index in [2.05, 4.69) is 4.98 Å². The smallest absolute Gasteiger partial charge is 0.334 e. The lowest BCUT2D eigenvalue weighted by atomic mass is 10.2. The fourth-order valence-corrected chi connectivity index (χ4v) is 3.08. The van der Waals surface area contributed by atoms with Crippen molar-refractivity contribution in [2.75, 3.05) is 26.8 Å². The number of amides is 1. The summed E-state index contributed by atoms with van der Waals surface area (Å²) in [5.74, 6) is -1.25. The molecule has 2 heterocycles. The molecule has 0 unspecified atom stereocenters. The molecule has 116 valence electrons. The van der Waals surface area contributed by atoms with Crippen molar-refractivity contribution < 1.29 is 24.2 Å². The zero-order valence-corrected chi connectivity index (χ0v) is 13.0. The minimum atomic E-state index is -1.05. The summed E-state index contributed by atoms with van der Waals surface area (Å²) in [5.41, 5.74) is 0.641. The summed E-state index contributed by atoms with van der Waals surface area (Å²) in [6, 6.07) is 0. The summed E-state index contributed by atoms with van der Waals surface area (Å²) in [7, 11) is 1.59. The van der Waals surface area contributed by atoms with Gasteiger partial charge < -0.3 is 19.5 Å². The first kappa shape index (κ1) is 15.9. The third-order valence-electron chi connectivity index (χ3n) is 3.34. The van der Waals surface area contributed by atoms with E-state index < -0.39 is 12.1 Å². The number of carboxylic acid groups (broad SMARTS) is 1. The zero-order chi connectivity index (χ0) is 15.6. The van der Waals surface area contributed by atoms with Crippen LogP contribution in [-0.4, -0.2) is 59.8 Å². The second-order valence-corrected chi connectivity index (χ2v) is 5.82. The third kappa shape index (κ3) is 3.39. The van der Waals surface area contributed by atoms with Crippen molar-refractivity contribution in [1.82, 2.24) is 9.88 Å². The number of thiazole rings is 1. The predicted octanol–water partition coefficient (Wildman–Crippen LogP) is 1.08. The van der Waals surface area contributed by atoms with Crippen molar-refractivity contribution in [1.29, 1.82) is 0 Å². The van der Waals surface area contributed by atoms with Gasteiger partial charge in [-0.15, -0.1) is 11.3 Å². The summed E-state index contributed by atoms with van der Waals surface area (Å²) in [4.78, 5) is 29.9. The molecule has 1 aromatic rings. The number of carbonyl (C=O) groups excluding carboxylic acids is 1. The van der Waals surface area contributed by atoms with Crippen LogP contribution in [0.15, 0.2) is 0 Å². The molecule has 8 heteroatoms. The maximum absolute atomic E-state index is 12.5. The Morgan fingerprint density at radius 1 is 1.57 bits per heavy atom. The summed E-state index contributed by atoms with van der Waals surface area (Å²) in [6.45, 7) is 4.30. The molecule has 21 heavy (non-hydrogen) atoms. The summed E-state index contributed by atoms with van der Waals surface area (Å²) >= 11 is 1.29. The van der Waals surface area contributed by atoms with E-state index in [1.807, 2.05) is 6.92 Å². The van der Waals surface area contributed by atoms with Crippen LogP contribution in [0.1, 0.15) is 33.4 Å². The largest absolute Gasteiger partial charge is 0.479 e. The number of aryl methyl sites for hydroxylation is 1. The lowest BCUT2D eigenvalue weighted by Crippen LogP contribution is -2.48. The van der Waals surface area contributed by atoms with Crippen LogP contribution in [0.2, 0.25) is 0 Å². The van der Waals surface area contributed by atoms with Gasteiger partial charge in [-0.2, -0.15) is 0 Å². The molecule has 1 amide bonds. The van der Waals surface area contributed by atoms with Gasteiger partial charge in [0.2, 0.25) is 0 Å². The number of hydrogen-bond acceptors (Lipinski definition) is 6. The normalized spacial score (nSPS) is 20.3. The monoisotopic (exact) mass is 314 g/mol. The molecule has 7 nitrogen and oxygen atoms in total. The first-order valence-corrected chi connectivity index (χ1v) is 7.39. The first-order chi connectivity index (χ1) is 9.93. The topological polar surface area (TPSA) is 89.0 Å². The van der Waals surface area contributed by atoms with Gasteiger partial charge in [0.25, 0.3) is 5.91 Å². The van der Waals surface area contributed by atoms with Crippen LogP contribution in [0.5, 0.6) is 0 Å². The van der Waals surface area contributed by atoms with E-state index >= 15 is 0 Å². The number of carboxylic acids is 1. The molecular formula is C13H18N2O5S. The number of methoxy groups -OCH3 is 1. The van der Waals surface area contributed by atoms with Crippen LogP contribution in [0.4, 0.5) is 0 Å². The van der Waals surface area contributed by atoms with Crippen molar-refractivity contribution >= 4 is 23.2 Å². The Morgan fingerprint density at radius 3 is 2.90 bits per heavy atom. The molecule has 0 aliphatic carbocycles. The number of aliphatic carboxylic acids is 1. The Morgan fingerprint density at radius 2 is 2.29 bits per heavy atom. The summed E-state index contributed by atoms with van der Waals surface area (Å²) < 4.78 is 10.3. The molecule has 1 saturated heterocycles. The van der Waals surface area contributed by atoms with E-state index in [4.69, 9.17) is 14.6 Å². The molecule has 2 rings (SSSR count). The number of ether oxygens (including phenoxy) is 2. The fourth-order valence-electron chi connectivity index (χ4n) is 2.02. The van der Waals surface area contributed by atoms with Gasteiger partial charge in [0.1, 0.15) is 16.0 Å². The van der Waals surface area contributed by atoms with Crippen molar-refractivity contribution in [2.24, 2.45) is 0 Å². The first-order valence-electron chi connectivity index (χ1n) is 6.57. The van der Waals surface area contributed by atoms with Crippen LogP contribution >= 0.6 is 11.3 Å². The minimum Gasteiger partial charge on any atom is -0.479 e. The molecule has 1 aliphatic rings. The Hall–Kier alpha value is -1.51. The molecule has 0 bridgehead atoms. The lowest BCUT2D eigenvalue weighted by molar-refractivity contribution is -0.154. The Labute approximate surface area is 126 Å². The van der Waals surface area contributed by atoms with Gasteiger partial charge in [0, 0.05) is 13.7 Å². The minimum absolute atomic E-state index is 0.0562. The quantitative estimate of drug-likeness (QED) is 0.894. The Bertz CT molecular complexity index is 545. The molecule has 0 radical (unpaired) electrons. The van der Waals surface area contributed by atoms with Crippen molar-refractivity contribution in [3.63, 3.8) is 0 Å². The molecule has 1 aliphatic heterocycles. The molecule has 1 N–H and O–H groups in total. The molecule has 0 spiro atoms. The summed E-state index contributed by atoms with van der Waals surface area (Å²) in [5, 5.41) is 9.72. The Kier molecular flexibility index (Phi) is 4.92. The second kappa shape index (κ2) is 6.50. The molecular weight excluding hydrogens is 296 g/mol. The maximum Gasteiger partial charge on any atom is 0.334 e. The number of hydrogen-bond donors (Lipinski definition) is 1. The zero-order valence-electron chi connectivity index (χ0n) is 12.2. The SMILES string of the molecule is CO[C@H](C)c1nc(C)c(C(=O)N2CCO[C@@H](C(=O)O)C2)s1. The summed E-state index contributed by atoms with van der Waals surface area (Å²) in [6.07, 6.45) is -1.14. The van der Waals surface area contributed by atoms with Crippen LogP contribution in [-0.2, 0) is 14.3 Å². The molecule has 2 atom stereocenters. The highest BCUT2D eigenvalue weighted by Crippen LogP contribution is 2.26. The van der Waals surface area contributed by atoms with Gasteiger partial charge in [0.05, 0.1) is 18.8 Å². The number of nitrogens with zero attached hydrogens (tertiary/aromatic N) is 2. The third-order valence-corrected chi connectivity index (χ3v) is 4.64. The Balaban J connectivity index is 2.16. The molecule has 0 saturated carbocycles. The standard InChI is InChI=1S/C13H18N2O5S/c1-7-10(21-11(14-7)8(2)19-3)12(16)15-4-5-20-9(6-15)13(17)18/h8-9H,4-6H2,1-3H3,(H,17,18)/t8-,9-/m1/s1. The van der Waals surface area contributed by atoms with Crippen molar-refractivity contribution in [2.45, 2.75) is 26.1 Å². The second-order valence-electron chi connectivity index (χ2n) is 4.79. The van der Waals surface area contributed by atoms with E-state index in [0.29, 0.717) is 17.1 Å². The van der Waals surface area contributed by atoms with Gasteiger partial charge in [-0.05, 0) is 13.8 Å². The van der Waals surface area contributed by atoms with Crippen molar-refractivity contribution in [3.05, 3.63) is 15.6 Å². The maximum atomic E-state index is 12.5. The van der Waals surface area contributed by atoms with E-state index in [1.165, 1.54) is 16.2 Å². The highest BCUT2D eigenvalue weighted by atomic mass is 32.1. The highest BCUT2D eigenvalue weighted by molar-refractivity contribution is 7.13. The van der Waals surface area contributed by atoms with E-state index in [1.54, 1.807) is 14.0 Å². The van der Waals surface area contributed by atoms with Gasteiger partial charge in [-0.25, -0.2) is 9.78 Å². The predicted molar refractivity (Wildman–Crippen MR) is 75.6 cm³/mol. The number of aromatic nitrogens is 1. The van der Waals surface area contributed by atoms with Gasteiger partial charge in [0.15, 0.2) is 6.10 Å². The van der Waals surface area contributed by atoms with Gasteiger partial charge >= 0.3 is 5.97 Å². The lowest BCUT2D eigenvalue weighted by Gasteiger charge is -2.30. The van der Waals surface area contributed by atoms with Gasteiger partial charge in [-0.3, -0.25) is 4.79 Å². The fraction of sp³-hybridized carbons (Fsp3) is 0.615. The highest BCUT2D eigenvalue weighted by Gasteiger charge is 2.31. The van der Waals surface area contributed by atoms with Gasteiger partial charge in [-0.1, -0.05) is 0 Å².